The van der Waals surface area contributed by atoms with Gasteiger partial charge in [-0.1, -0.05) is 30.3 Å². The fourth-order valence-corrected chi connectivity index (χ4v) is 1.63. The van der Waals surface area contributed by atoms with Crippen LogP contribution in [0.1, 0.15) is 17.2 Å². The minimum absolute atomic E-state index is 0. The third-order valence-corrected chi connectivity index (χ3v) is 2.63. The van der Waals surface area contributed by atoms with Crippen LogP contribution in [0, 0.1) is 6.92 Å². The molecule has 0 fully saturated rings. The molecule has 2 nitrogen and oxygen atoms in total. The van der Waals surface area contributed by atoms with Crippen molar-refractivity contribution in [1.29, 1.82) is 0 Å². The molecule has 1 aromatic carbocycles. The number of nitrogens with zero attached hydrogens (tertiary/aromatic N) is 1. The summed E-state index contributed by atoms with van der Waals surface area (Å²) in [5.74, 6) is 0. The van der Waals surface area contributed by atoms with E-state index in [1.54, 1.807) is 0 Å². The van der Waals surface area contributed by atoms with Gasteiger partial charge in [-0.2, -0.15) is 0 Å². The maximum Gasteiger partial charge on any atom is 0.178 e. The summed E-state index contributed by atoms with van der Waals surface area (Å²) in [6.45, 7) is 2.64. The summed E-state index contributed by atoms with van der Waals surface area (Å²) in [6, 6.07) is 13.8. The zero-order valence-corrected chi connectivity index (χ0v) is 11.3. The van der Waals surface area contributed by atoms with Gasteiger partial charge in [0, 0.05) is 12.1 Å². The zero-order chi connectivity index (χ0) is 11.4. The molecule has 2 aromatic rings. The van der Waals surface area contributed by atoms with Gasteiger partial charge in [0.05, 0.1) is 0 Å². The Morgan fingerprint density at radius 2 is 1.65 bits per heavy atom. The molecular weight excluding hydrogens is 278 g/mol. The highest BCUT2D eigenvalue weighted by atomic mass is 79.9. The number of rotatable bonds is 3. The van der Waals surface area contributed by atoms with Gasteiger partial charge in [-0.3, -0.25) is 0 Å². The second-order valence-corrected chi connectivity index (χ2v) is 4.00. The fraction of sp³-hybridized carbons (Fsp3) is 0.214. The number of benzene rings is 1. The molecule has 0 amide bonds. The zero-order valence-electron chi connectivity index (χ0n) is 9.75. The Hall–Kier alpha value is -1.19. The van der Waals surface area contributed by atoms with E-state index in [-0.39, 0.29) is 17.0 Å². The number of aryl methyl sites for hydroxylation is 1. The highest BCUT2D eigenvalue weighted by Gasteiger charge is 2.12. The van der Waals surface area contributed by atoms with Crippen LogP contribution in [0.2, 0.25) is 0 Å². The first-order valence-corrected chi connectivity index (χ1v) is 5.44. The summed E-state index contributed by atoms with van der Waals surface area (Å²) in [4.78, 5) is 0. The quantitative estimate of drug-likeness (QED) is 0.723. The molecule has 1 unspecified atom stereocenters. The topological polar surface area (TPSA) is 24.1 Å². The first-order valence-electron chi connectivity index (χ1n) is 5.44. The molecule has 0 aliphatic carbocycles. The van der Waals surface area contributed by atoms with E-state index in [0.717, 1.165) is 5.56 Å². The molecule has 0 radical (unpaired) electrons. The van der Waals surface area contributed by atoms with Crippen molar-refractivity contribution in [2.75, 3.05) is 0 Å². The van der Waals surface area contributed by atoms with Gasteiger partial charge in [-0.05, 0) is 18.1 Å². The van der Waals surface area contributed by atoms with Gasteiger partial charge in [-0.25, -0.2) is 4.57 Å². The molecule has 0 aliphatic rings. The van der Waals surface area contributed by atoms with E-state index in [1.165, 1.54) is 5.56 Å². The van der Waals surface area contributed by atoms with Gasteiger partial charge < -0.3 is 22.1 Å². The van der Waals surface area contributed by atoms with Crippen molar-refractivity contribution >= 4 is 0 Å². The summed E-state index contributed by atoms with van der Waals surface area (Å²) in [5.41, 5.74) is 2.18. The molecule has 2 rings (SSSR count). The minimum Gasteiger partial charge on any atom is -1.00 e. The lowest BCUT2D eigenvalue weighted by Gasteiger charge is -2.07. The van der Waals surface area contributed by atoms with Crippen LogP contribution in [0.25, 0.3) is 0 Å². The molecule has 0 aliphatic heterocycles. The Kier molecular flexibility index (Phi) is 5.32. The number of hydrogen-bond acceptors (Lipinski definition) is 1. The van der Waals surface area contributed by atoms with E-state index in [1.807, 2.05) is 59.4 Å². The lowest BCUT2D eigenvalue weighted by molar-refractivity contribution is -0.704. The summed E-state index contributed by atoms with van der Waals surface area (Å²) >= 11 is 0. The average molecular weight is 294 g/mol. The molecule has 17 heavy (non-hydrogen) atoms. The van der Waals surface area contributed by atoms with Gasteiger partial charge in [0.2, 0.25) is 0 Å². The van der Waals surface area contributed by atoms with Gasteiger partial charge >= 0.3 is 0 Å². The summed E-state index contributed by atoms with van der Waals surface area (Å²) in [6.07, 6.45) is 3.53. The summed E-state index contributed by atoms with van der Waals surface area (Å²) in [7, 11) is 0. The molecule has 1 atom stereocenters. The van der Waals surface area contributed by atoms with Crippen molar-refractivity contribution in [2.24, 2.45) is 0 Å². The van der Waals surface area contributed by atoms with Crippen LogP contribution in [0.4, 0.5) is 0 Å². The van der Waals surface area contributed by atoms with Crippen molar-refractivity contribution in [1.82, 2.24) is 0 Å². The Bertz CT molecular complexity index is 442. The minimum atomic E-state index is -0.450. The van der Waals surface area contributed by atoms with E-state index in [9.17, 15) is 5.11 Å². The van der Waals surface area contributed by atoms with Gasteiger partial charge in [0.25, 0.3) is 0 Å². The number of pyridine rings is 1. The van der Waals surface area contributed by atoms with Crippen LogP contribution in [-0.4, -0.2) is 5.11 Å². The predicted octanol–water partition coefficient (Wildman–Crippen LogP) is -0.980. The lowest BCUT2D eigenvalue weighted by atomic mass is 10.1. The second kappa shape index (κ2) is 6.52. The molecule has 1 N–H and O–H groups in total. The average Bonchev–Trinajstić information content (AvgIpc) is 2.33. The maximum absolute atomic E-state index is 10.0. The number of aliphatic hydroxyl groups excluding tert-OH is 1. The number of hydrogen-bond donors (Lipinski definition) is 1. The molecule has 1 aromatic heterocycles. The normalized spacial score (nSPS) is 11.6. The second-order valence-electron chi connectivity index (χ2n) is 4.00. The lowest BCUT2D eigenvalue weighted by Crippen LogP contribution is -3.00. The van der Waals surface area contributed by atoms with E-state index in [0.29, 0.717) is 6.54 Å². The van der Waals surface area contributed by atoms with Crippen molar-refractivity contribution < 1.29 is 26.7 Å². The molecular formula is C14H16BrNO. The Balaban J connectivity index is 0.00000144. The first-order chi connectivity index (χ1) is 7.75. The van der Waals surface area contributed by atoms with Crippen molar-refractivity contribution in [3.63, 3.8) is 0 Å². The van der Waals surface area contributed by atoms with Crippen LogP contribution in [0.5, 0.6) is 0 Å². The number of aromatic nitrogens is 1. The maximum atomic E-state index is 10.0. The third kappa shape index (κ3) is 3.95. The summed E-state index contributed by atoms with van der Waals surface area (Å²) < 4.78 is 1.99. The molecule has 1 heterocycles. The number of halogens is 1. The number of aliphatic hydroxyl groups is 1. The smallest absolute Gasteiger partial charge is 0.178 e. The third-order valence-electron chi connectivity index (χ3n) is 2.63. The van der Waals surface area contributed by atoms with E-state index >= 15 is 0 Å². The molecule has 0 spiro atoms. The Labute approximate surface area is 112 Å². The Morgan fingerprint density at radius 1 is 1.06 bits per heavy atom. The molecule has 0 saturated heterocycles. The molecule has 0 saturated carbocycles. The van der Waals surface area contributed by atoms with Crippen LogP contribution in [0.3, 0.4) is 0 Å². The fourth-order valence-electron chi connectivity index (χ4n) is 1.63. The van der Waals surface area contributed by atoms with Crippen molar-refractivity contribution in [2.45, 2.75) is 19.6 Å². The molecule has 90 valence electrons. The van der Waals surface area contributed by atoms with Gasteiger partial charge in [-0.15, -0.1) is 0 Å². The first kappa shape index (κ1) is 13.9. The van der Waals surface area contributed by atoms with Crippen molar-refractivity contribution in [3.05, 3.63) is 66.0 Å². The van der Waals surface area contributed by atoms with E-state index in [4.69, 9.17) is 0 Å². The SMILES string of the molecule is Cc1cc[n+](CC(O)c2ccccc2)cc1.[Br-]. The predicted molar refractivity (Wildman–Crippen MR) is 62.8 cm³/mol. The molecule has 3 heteroatoms. The Morgan fingerprint density at radius 3 is 2.24 bits per heavy atom. The van der Waals surface area contributed by atoms with Crippen LogP contribution < -0.4 is 21.5 Å². The van der Waals surface area contributed by atoms with Crippen molar-refractivity contribution in [3.8, 4) is 0 Å². The van der Waals surface area contributed by atoms with Crippen LogP contribution in [0.15, 0.2) is 54.9 Å². The largest absolute Gasteiger partial charge is 1.00 e. The summed E-state index contributed by atoms with van der Waals surface area (Å²) in [5, 5.41) is 10.0. The standard InChI is InChI=1S/C14H16NO.BrH/c1-12-7-9-15(10-8-12)11-14(16)13-5-3-2-4-6-13;/h2-10,14,16H,11H2,1H3;1H/q+1;/p-1. The van der Waals surface area contributed by atoms with E-state index < -0.39 is 6.10 Å². The highest BCUT2D eigenvalue weighted by Crippen LogP contribution is 2.11. The highest BCUT2D eigenvalue weighted by molar-refractivity contribution is 5.16. The van der Waals surface area contributed by atoms with Gasteiger partial charge in [0.1, 0.15) is 6.10 Å². The monoisotopic (exact) mass is 293 g/mol. The van der Waals surface area contributed by atoms with E-state index in [2.05, 4.69) is 6.92 Å². The van der Waals surface area contributed by atoms with Gasteiger partial charge in [0.15, 0.2) is 18.9 Å². The van der Waals surface area contributed by atoms with Crippen LogP contribution >= 0.6 is 0 Å². The van der Waals surface area contributed by atoms with Crippen LogP contribution in [-0.2, 0) is 6.54 Å². The molecule has 0 bridgehead atoms.